The summed E-state index contributed by atoms with van der Waals surface area (Å²) in [6.45, 7) is 11.7. The molecule has 1 heterocycles. The first-order valence-corrected chi connectivity index (χ1v) is 13.0. The van der Waals surface area contributed by atoms with Crippen LogP contribution < -0.4 is 15.4 Å². The maximum atomic E-state index is 12.9. The molecule has 0 bridgehead atoms. The Morgan fingerprint density at radius 2 is 1.85 bits per heavy atom. The number of nitrogens with two attached hydrogens (primary N) is 1. The zero-order chi connectivity index (χ0) is 23.8. The number of carbonyl (C=O) groups is 1. The molecule has 1 aliphatic heterocycles. The van der Waals surface area contributed by atoms with E-state index in [4.69, 9.17) is 10.5 Å². The van der Waals surface area contributed by atoms with Gasteiger partial charge in [-0.15, -0.1) is 0 Å². The van der Waals surface area contributed by atoms with Crippen molar-refractivity contribution in [1.29, 1.82) is 0 Å². The number of hydrogen-bond acceptors (Lipinski definition) is 4. The largest absolute Gasteiger partial charge is 0.493 e. The summed E-state index contributed by atoms with van der Waals surface area (Å²) in [6, 6.07) is 8.45. The summed E-state index contributed by atoms with van der Waals surface area (Å²) in [5, 5.41) is 0. The van der Waals surface area contributed by atoms with Crippen LogP contribution in [-0.4, -0.2) is 49.1 Å². The van der Waals surface area contributed by atoms with Crippen LogP contribution in [0.15, 0.2) is 35.9 Å². The van der Waals surface area contributed by atoms with E-state index in [1.54, 1.807) is 0 Å². The normalized spacial score (nSPS) is 20.1. The Labute approximate surface area is 201 Å². The molecule has 184 valence electrons. The van der Waals surface area contributed by atoms with E-state index < -0.39 is 6.04 Å². The molecule has 5 heteroatoms. The average Bonchev–Trinajstić information content (AvgIpc) is 3.28. The Hall–Kier alpha value is -2.01. The van der Waals surface area contributed by atoms with Crippen LogP contribution in [0.4, 0.5) is 5.69 Å². The summed E-state index contributed by atoms with van der Waals surface area (Å²) < 4.78 is 6.11. The van der Waals surface area contributed by atoms with Crippen LogP contribution >= 0.6 is 0 Å². The Balaban J connectivity index is 1.63. The van der Waals surface area contributed by atoms with Gasteiger partial charge in [-0.05, 0) is 75.6 Å². The SMILES string of the molecule is CC(C)=CCN(c1ccc(OCC2CCCCC2)cc1)C1CCN(C(=O)C(N)CC(C)C)C1. The smallest absolute Gasteiger partial charge is 0.239 e. The van der Waals surface area contributed by atoms with Gasteiger partial charge in [-0.2, -0.15) is 0 Å². The minimum absolute atomic E-state index is 0.0971. The van der Waals surface area contributed by atoms with Crippen LogP contribution in [0.5, 0.6) is 5.75 Å². The fraction of sp³-hybridized carbons (Fsp3) is 0.679. The van der Waals surface area contributed by atoms with Crippen molar-refractivity contribution < 1.29 is 9.53 Å². The highest BCUT2D eigenvalue weighted by molar-refractivity contribution is 5.82. The number of benzene rings is 1. The van der Waals surface area contributed by atoms with Gasteiger partial charge in [0, 0.05) is 31.4 Å². The maximum Gasteiger partial charge on any atom is 0.239 e. The van der Waals surface area contributed by atoms with Crippen molar-refractivity contribution >= 4 is 11.6 Å². The van der Waals surface area contributed by atoms with Gasteiger partial charge in [0.2, 0.25) is 5.91 Å². The molecular formula is C28H45N3O2. The lowest BCUT2D eigenvalue weighted by Crippen LogP contribution is -2.45. The highest BCUT2D eigenvalue weighted by Gasteiger charge is 2.32. The lowest BCUT2D eigenvalue weighted by molar-refractivity contribution is -0.131. The molecule has 1 saturated heterocycles. The zero-order valence-electron chi connectivity index (χ0n) is 21.3. The van der Waals surface area contributed by atoms with E-state index in [2.05, 4.69) is 62.9 Å². The van der Waals surface area contributed by atoms with E-state index in [1.165, 1.54) is 43.4 Å². The van der Waals surface area contributed by atoms with E-state index in [0.29, 0.717) is 17.9 Å². The number of likely N-dealkylation sites (tertiary alicyclic amines) is 1. The molecular weight excluding hydrogens is 410 g/mol. The quantitative estimate of drug-likeness (QED) is 0.480. The van der Waals surface area contributed by atoms with Crippen molar-refractivity contribution in [2.75, 3.05) is 31.1 Å². The molecule has 0 spiro atoms. The van der Waals surface area contributed by atoms with E-state index >= 15 is 0 Å². The van der Waals surface area contributed by atoms with Crippen molar-refractivity contribution in [3.05, 3.63) is 35.9 Å². The number of hydrogen-bond donors (Lipinski definition) is 1. The third kappa shape index (κ3) is 7.77. The fourth-order valence-corrected chi connectivity index (χ4v) is 5.09. The second-order valence-corrected chi connectivity index (χ2v) is 10.7. The summed E-state index contributed by atoms with van der Waals surface area (Å²) in [4.78, 5) is 17.2. The maximum absolute atomic E-state index is 12.9. The number of rotatable bonds is 10. The molecule has 0 aromatic heterocycles. The fourth-order valence-electron chi connectivity index (χ4n) is 5.09. The first-order valence-electron chi connectivity index (χ1n) is 13.0. The summed E-state index contributed by atoms with van der Waals surface area (Å²) in [7, 11) is 0. The van der Waals surface area contributed by atoms with Crippen LogP contribution in [0.3, 0.4) is 0 Å². The Morgan fingerprint density at radius 1 is 1.15 bits per heavy atom. The van der Waals surface area contributed by atoms with E-state index in [-0.39, 0.29) is 5.91 Å². The van der Waals surface area contributed by atoms with Gasteiger partial charge in [-0.1, -0.05) is 44.8 Å². The van der Waals surface area contributed by atoms with Gasteiger partial charge in [0.15, 0.2) is 0 Å². The second kappa shape index (κ2) is 12.5. The molecule has 5 nitrogen and oxygen atoms in total. The molecule has 2 aliphatic rings. The van der Waals surface area contributed by atoms with Gasteiger partial charge >= 0.3 is 0 Å². The van der Waals surface area contributed by atoms with Crippen molar-refractivity contribution in [3.8, 4) is 5.75 Å². The summed E-state index contributed by atoms with van der Waals surface area (Å²) >= 11 is 0. The van der Waals surface area contributed by atoms with Gasteiger partial charge in [0.05, 0.1) is 12.6 Å². The van der Waals surface area contributed by atoms with E-state index in [0.717, 1.165) is 44.8 Å². The topological polar surface area (TPSA) is 58.8 Å². The monoisotopic (exact) mass is 455 g/mol. The van der Waals surface area contributed by atoms with Crippen LogP contribution in [0.25, 0.3) is 0 Å². The van der Waals surface area contributed by atoms with Gasteiger partial charge in [0.25, 0.3) is 0 Å². The van der Waals surface area contributed by atoms with E-state index in [1.807, 2.05) is 4.90 Å². The lowest BCUT2D eigenvalue weighted by atomic mass is 9.90. The molecule has 1 aliphatic carbocycles. The minimum Gasteiger partial charge on any atom is -0.493 e. The molecule has 2 fully saturated rings. The van der Waals surface area contributed by atoms with Crippen molar-refractivity contribution in [2.45, 2.75) is 84.7 Å². The Kier molecular flexibility index (Phi) is 9.66. The highest BCUT2D eigenvalue weighted by atomic mass is 16.5. The van der Waals surface area contributed by atoms with Crippen LogP contribution in [-0.2, 0) is 4.79 Å². The summed E-state index contributed by atoms with van der Waals surface area (Å²) in [5.41, 5.74) is 8.69. The van der Waals surface area contributed by atoms with Crippen molar-refractivity contribution in [1.82, 2.24) is 4.90 Å². The second-order valence-electron chi connectivity index (χ2n) is 10.7. The first-order chi connectivity index (χ1) is 15.8. The molecule has 2 atom stereocenters. The zero-order valence-corrected chi connectivity index (χ0v) is 21.3. The summed E-state index contributed by atoms with van der Waals surface area (Å²) in [6.07, 6.45) is 10.6. The third-order valence-electron chi connectivity index (χ3n) is 7.03. The number of anilines is 1. The van der Waals surface area contributed by atoms with Gasteiger partial charge in [0.1, 0.15) is 5.75 Å². The van der Waals surface area contributed by atoms with Gasteiger partial charge < -0.3 is 20.3 Å². The average molecular weight is 456 g/mol. The van der Waals surface area contributed by atoms with E-state index in [9.17, 15) is 4.79 Å². The third-order valence-corrected chi connectivity index (χ3v) is 7.03. The number of ether oxygens (including phenoxy) is 1. The van der Waals surface area contributed by atoms with Crippen LogP contribution in [0.2, 0.25) is 0 Å². The molecule has 1 aromatic carbocycles. The Morgan fingerprint density at radius 3 is 2.48 bits per heavy atom. The molecule has 2 N–H and O–H groups in total. The number of amides is 1. The van der Waals surface area contributed by atoms with Crippen molar-refractivity contribution in [2.24, 2.45) is 17.6 Å². The van der Waals surface area contributed by atoms with Gasteiger partial charge in [-0.3, -0.25) is 4.79 Å². The number of carbonyl (C=O) groups excluding carboxylic acids is 1. The predicted octanol–water partition coefficient (Wildman–Crippen LogP) is 5.39. The molecule has 1 aromatic rings. The molecule has 3 rings (SSSR count). The molecule has 33 heavy (non-hydrogen) atoms. The summed E-state index contributed by atoms with van der Waals surface area (Å²) in [5.74, 6) is 2.18. The Bertz CT molecular complexity index is 764. The lowest BCUT2D eigenvalue weighted by Gasteiger charge is -2.31. The van der Waals surface area contributed by atoms with Crippen molar-refractivity contribution in [3.63, 3.8) is 0 Å². The molecule has 1 saturated carbocycles. The standard InChI is InChI=1S/C28H45N3O2/c1-21(2)14-17-31(25-15-16-30(19-25)28(32)27(29)18-22(3)4)24-10-12-26(13-11-24)33-20-23-8-6-5-7-9-23/h10-14,22-23,25,27H,5-9,15-20,29H2,1-4H3. The van der Waals surface area contributed by atoms with Gasteiger partial charge in [-0.25, -0.2) is 0 Å². The number of allylic oxidation sites excluding steroid dienone is 1. The predicted molar refractivity (Wildman–Crippen MR) is 138 cm³/mol. The minimum atomic E-state index is -0.393. The first kappa shape index (κ1) is 25.6. The molecule has 0 radical (unpaired) electrons. The molecule has 2 unspecified atom stereocenters. The van der Waals surface area contributed by atoms with Crippen LogP contribution in [0, 0.1) is 11.8 Å². The molecule has 1 amide bonds. The highest BCUT2D eigenvalue weighted by Crippen LogP contribution is 2.28. The van der Waals surface area contributed by atoms with Crippen LogP contribution in [0.1, 0.15) is 72.6 Å². The number of nitrogens with zero attached hydrogens (tertiary/aromatic N) is 2.